The minimum atomic E-state index is -0.586. The van der Waals surface area contributed by atoms with Gasteiger partial charge in [-0.2, -0.15) is 0 Å². The molecule has 3 heterocycles. The van der Waals surface area contributed by atoms with Crippen molar-refractivity contribution in [2.45, 2.75) is 39.9 Å². The fourth-order valence-corrected chi connectivity index (χ4v) is 8.27. The molecule has 9 heteroatoms. The van der Waals surface area contributed by atoms with Gasteiger partial charge >= 0.3 is 0 Å². The maximum absolute atomic E-state index is 12.5. The second-order valence-corrected chi connectivity index (χ2v) is 13.8. The first-order valence-electron chi connectivity index (χ1n) is 13.6. The van der Waals surface area contributed by atoms with E-state index in [0.717, 1.165) is 36.2 Å². The highest BCUT2D eigenvalue weighted by molar-refractivity contribution is 7.28. The van der Waals surface area contributed by atoms with Crippen LogP contribution in [0, 0.1) is 0 Å². The monoisotopic (exact) mass is 626 g/mol. The molecule has 0 radical (unpaired) electrons. The minimum absolute atomic E-state index is 0.130. The highest BCUT2D eigenvalue weighted by atomic mass is 32.1. The largest absolute Gasteiger partial charge is 0.486 e. The van der Waals surface area contributed by atoms with Gasteiger partial charge in [0.1, 0.15) is 0 Å². The molecule has 6 aromatic rings. The molecule has 3 aromatic heterocycles. The lowest BCUT2D eigenvalue weighted by Gasteiger charge is -2.13. The van der Waals surface area contributed by atoms with Crippen molar-refractivity contribution in [2.75, 3.05) is 0 Å². The van der Waals surface area contributed by atoms with Gasteiger partial charge in [0.2, 0.25) is 10.9 Å². The summed E-state index contributed by atoms with van der Waals surface area (Å²) >= 11 is 4.48. The summed E-state index contributed by atoms with van der Waals surface area (Å²) in [7, 11) is 0. The summed E-state index contributed by atoms with van der Waals surface area (Å²) in [4.78, 5) is 54.6. The number of thiophene rings is 3. The van der Waals surface area contributed by atoms with Gasteiger partial charge < -0.3 is 9.47 Å². The van der Waals surface area contributed by atoms with Crippen molar-refractivity contribution < 1.29 is 9.47 Å². The molecule has 6 nitrogen and oxygen atoms in total. The molecule has 0 fully saturated rings. The molecule has 0 amide bonds. The van der Waals surface area contributed by atoms with E-state index in [4.69, 9.17) is 9.47 Å². The van der Waals surface area contributed by atoms with E-state index in [-0.39, 0.29) is 23.7 Å². The van der Waals surface area contributed by atoms with E-state index in [2.05, 4.69) is 12.6 Å². The van der Waals surface area contributed by atoms with Crippen LogP contribution in [0.5, 0.6) is 11.5 Å². The van der Waals surface area contributed by atoms with Gasteiger partial charge in [-0.15, -0.1) is 34.0 Å². The highest BCUT2D eigenvalue weighted by Crippen LogP contribution is 2.49. The second kappa shape index (κ2) is 11.1. The quantitative estimate of drug-likeness (QED) is 0.146. The Morgan fingerprint density at radius 1 is 0.605 bits per heavy atom. The van der Waals surface area contributed by atoms with Crippen molar-refractivity contribution in [3.63, 3.8) is 0 Å². The van der Waals surface area contributed by atoms with E-state index in [9.17, 15) is 19.2 Å². The van der Waals surface area contributed by atoms with Crippen LogP contribution in [0.2, 0.25) is 0 Å². The van der Waals surface area contributed by atoms with E-state index in [1.165, 1.54) is 22.7 Å². The normalized spacial score (nSPS) is 11.7. The van der Waals surface area contributed by atoms with Crippen molar-refractivity contribution in [3.05, 3.63) is 108 Å². The van der Waals surface area contributed by atoms with E-state index in [1.54, 1.807) is 17.4 Å². The molecule has 3 aromatic carbocycles. The molecule has 0 aliphatic heterocycles. The smallest absolute Gasteiger partial charge is 0.269 e. The zero-order valence-electron chi connectivity index (χ0n) is 23.8. The van der Waals surface area contributed by atoms with Crippen LogP contribution in [0.4, 0.5) is 0 Å². The van der Waals surface area contributed by atoms with Gasteiger partial charge in [0, 0.05) is 29.9 Å². The van der Waals surface area contributed by atoms with Crippen molar-refractivity contribution in [3.8, 4) is 63.0 Å². The summed E-state index contributed by atoms with van der Waals surface area (Å²) in [5, 5.41) is 0. The fourth-order valence-electron chi connectivity index (χ4n) is 4.79. The van der Waals surface area contributed by atoms with Gasteiger partial charge in [0.15, 0.2) is 11.5 Å². The first kappa shape index (κ1) is 28.9. The third-order valence-corrected chi connectivity index (χ3v) is 10.5. The van der Waals surface area contributed by atoms with E-state index in [1.807, 2.05) is 76.2 Å². The molecule has 0 N–H and O–H groups in total. The number of ether oxygens (including phenoxy) is 2. The van der Waals surface area contributed by atoms with Crippen LogP contribution in [0.3, 0.4) is 0 Å². The maximum atomic E-state index is 12.5. The molecule has 0 bridgehead atoms. The van der Waals surface area contributed by atoms with Gasteiger partial charge in [-0.05, 0) is 69.2 Å². The molecule has 0 atom stereocenters. The molecule has 6 rings (SSSR count). The summed E-state index contributed by atoms with van der Waals surface area (Å²) in [6.45, 7) is 11.1. The second-order valence-electron chi connectivity index (χ2n) is 10.6. The number of rotatable bonds is 10. The van der Waals surface area contributed by atoms with E-state index in [0.29, 0.717) is 20.9 Å². The summed E-state index contributed by atoms with van der Waals surface area (Å²) in [5.41, 5.74) is 1.49. The Bertz CT molecular complexity index is 2140. The Balaban J connectivity index is 1.43. The Morgan fingerprint density at radius 2 is 1.09 bits per heavy atom. The molecule has 0 saturated carbocycles. The summed E-state index contributed by atoms with van der Waals surface area (Å²) in [5.74, 6) is 0.263. The Morgan fingerprint density at radius 3 is 1.60 bits per heavy atom. The lowest BCUT2D eigenvalue weighted by molar-refractivity contribution is 0.238. The van der Waals surface area contributed by atoms with Crippen LogP contribution in [-0.2, 0) is 0 Å². The van der Waals surface area contributed by atoms with E-state index < -0.39 is 21.7 Å². The Labute approximate surface area is 259 Å². The topological polar surface area (TPSA) is 86.7 Å². The minimum Gasteiger partial charge on any atom is -0.486 e. The van der Waals surface area contributed by atoms with Crippen molar-refractivity contribution >= 4 is 40.1 Å². The first-order valence-corrected chi connectivity index (χ1v) is 16.1. The Kier molecular flexibility index (Phi) is 7.50. The molecule has 0 spiro atoms. The van der Waals surface area contributed by atoms with Crippen molar-refractivity contribution in [1.82, 2.24) is 0 Å². The first-order chi connectivity index (χ1) is 20.6. The van der Waals surface area contributed by atoms with Crippen molar-refractivity contribution in [1.29, 1.82) is 0 Å². The fraction of sp³-hybridized carbons (Fsp3) is 0.176. The summed E-state index contributed by atoms with van der Waals surface area (Å²) in [6, 6.07) is 17.9. The zero-order valence-corrected chi connectivity index (χ0v) is 26.3. The lowest BCUT2D eigenvalue weighted by atomic mass is 10.0. The Hall–Kier alpha value is -4.18. The lowest BCUT2D eigenvalue weighted by Crippen LogP contribution is -2.35. The number of benzene rings is 1. The van der Waals surface area contributed by atoms with Gasteiger partial charge in [0.25, 0.3) is 10.9 Å². The van der Waals surface area contributed by atoms with Crippen LogP contribution >= 0.6 is 34.0 Å². The van der Waals surface area contributed by atoms with E-state index >= 15 is 0 Å². The van der Waals surface area contributed by atoms with Crippen LogP contribution in [0.1, 0.15) is 33.3 Å². The van der Waals surface area contributed by atoms with Crippen molar-refractivity contribution in [2.24, 2.45) is 0 Å². The third kappa shape index (κ3) is 5.07. The van der Waals surface area contributed by atoms with Crippen LogP contribution < -0.4 is 31.2 Å². The van der Waals surface area contributed by atoms with Crippen LogP contribution in [0.25, 0.3) is 57.6 Å². The predicted molar refractivity (Wildman–Crippen MR) is 179 cm³/mol. The molecule has 0 aliphatic carbocycles. The predicted octanol–water partition coefficient (Wildman–Crippen LogP) is 7.62. The average molecular weight is 627 g/mol. The molecule has 43 heavy (non-hydrogen) atoms. The average Bonchev–Trinajstić information content (AvgIpc) is 3.76. The molecule has 0 aliphatic rings. The highest BCUT2D eigenvalue weighted by Gasteiger charge is 2.28. The van der Waals surface area contributed by atoms with Gasteiger partial charge in [-0.1, -0.05) is 36.9 Å². The summed E-state index contributed by atoms with van der Waals surface area (Å²) in [6.07, 6.45) is 1.35. The van der Waals surface area contributed by atoms with Gasteiger partial charge in [-0.3, -0.25) is 19.2 Å². The van der Waals surface area contributed by atoms with Gasteiger partial charge in [-0.25, -0.2) is 0 Å². The molecule has 216 valence electrons. The SMILES string of the molecule is C=Cc1ccc(-c2cc(-c3ccc(-c4c(OC(C)C)c(=O)c4=O)s3)sc2-c2ccc(-c3c(OC(C)C)c(=O)c3=O)s2)cc1. The molecule has 0 unspecified atom stereocenters. The summed E-state index contributed by atoms with van der Waals surface area (Å²) < 4.78 is 11.3. The maximum Gasteiger partial charge on any atom is 0.269 e. The zero-order chi connectivity index (χ0) is 30.6. The molecule has 0 saturated heterocycles. The standard InChI is InChI=1S/C34H26O6S3/c1-6-18-7-9-19(10-8-18)20-15-25(21-11-12-22(41-21)26-28(35)30(37)32(26)39-16(2)3)43-34(20)24-14-13-23(42-24)27-29(36)31(38)33(27)40-17(4)5/h6-17H,1H2,2-5H3. The van der Waals surface area contributed by atoms with Crippen LogP contribution in [0.15, 0.2) is 80.4 Å². The van der Waals surface area contributed by atoms with Crippen LogP contribution in [-0.4, -0.2) is 12.2 Å². The van der Waals surface area contributed by atoms with Gasteiger partial charge in [0.05, 0.1) is 28.2 Å². The molecular formula is C34H26O6S3. The third-order valence-electron chi connectivity index (χ3n) is 6.80. The molecular weight excluding hydrogens is 601 g/mol. The number of hydrogen-bond acceptors (Lipinski definition) is 9. The number of hydrogen-bond donors (Lipinski definition) is 0.